The number of nitrogens with one attached hydrogen (secondary N) is 2. The number of rotatable bonds is 13. The lowest BCUT2D eigenvalue weighted by atomic mass is 9.97. The van der Waals surface area contributed by atoms with E-state index in [1.165, 1.54) is 19.1 Å². The molecule has 0 saturated heterocycles. The molecule has 0 saturated carbocycles. The van der Waals surface area contributed by atoms with Gasteiger partial charge in [-0.15, -0.1) is 0 Å². The van der Waals surface area contributed by atoms with Gasteiger partial charge in [0.15, 0.2) is 0 Å². The third kappa shape index (κ3) is 8.16. The van der Waals surface area contributed by atoms with Crippen LogP contribution in [0.3, 0.4) is 0 Å². The fraction of sp³-hybridized carbons (Fsp3) is 0.212. The van der Waals surface area contributed by atoms with Crippen LogP contribution < -0.4 is 20.1 Å². The first-order valence-electron chi connectivity index (χ1n) is 13.3. The van der Waals surface area contributed by atoms with E-state index in [4.69, 9.17) is 9.47 Å². The normalized spacial score (nSPS) is 10.7. The molecule has 41 heavy (non-hydrogen) atoms. The van der Waals surface area contributed by atoms with Crippen molar-refractivity contribution in [3.8, 4) is 22.6 Å². The Morgan fingerprint density at radius 2 is 1.61 bits per heavy atom. The zero-order chi connectivity index (χ0) is 29.2. The quantitative estimate of drug-likeness (QED) is 0.178. The summed E-state index contributed by atoms with van der Waals surface area (Å²) in [6, 6.07) is 25.4. The van der Waals surface area contributed by atoms with Gasteiger partial charge in [-0.3, -0.25) is 4.79 Å². The van der Waals surface area contributed by atoms with Crippen molar-refractivity contribution in [2.75, 3.05) is 13.1 Å². The van der Waals surface area contributed by atoms with Crippen molar-refractivity contribution in [2.45, 2.75) is 33.6 Å². The Kier molecular flexibility index (Phi) is 10.1. The maximum absolute atomic E-state index is 14.4. The maximum Gasteiger partial charge on any atom is 0.335 e. The Hall–Kier alpha value is -4.69. The zero-order valence-corrected chi connectivity index (χ0v) is 23.1. The smallest absolute Gasteiger partial charge is 0.335 e. The zero-order valence-electron chi connectivity index (χ0n) is 23.1. The molecule has 3 N–H and O–H groups in total. The van der Waals surface area contributed by atoms with Gasteiger partial charge in [-0.25, -0.2) is 9.18 Å². The molecule has 0 radical (unpaired) electrons. The standard InChI is InChI=1S/C33H33FN2O5/c1-22-27(9-6-10-30(22)24-7-4-3-5-8-24)20-40-29-13-11-26(19-35-15-16-36-23(2)37)32(18-29)41-21-28-17-25(33(38)39)12-14-31(28)34/h3-14,17-18,35H,15-16,19-21H2,1-2H3,(H,36,37)(H,38,39). The molecule has 0 unspecified atom stereocenters. The van der Waals surface area contributed by atoms with Crippen LogP contribution in [0.5, 0.6) is 11.5 Å². The minimum atomic E-state index is -1.14. The molecular weight excluding hydrogens is 523 g/mol. The van der Waals surface area contributed by atoms with Gasteiger partial charge in [-0.1, -0.05) is 54.6 Å². The fourth-order valence-electron chi connectivity index (χ4n) is 4.36. The highest BCUT2D eigenvalue weighted by Crippen LogP contribution is 2.29. The summed E-state index contributed by atoms with van der Waals surface area (Å²) in [7, 11) is 0. The van der Waals surface area contributed by atoms with Crippen molar-refractivity contribution in [1.82, 2.24) is 10.6 Å². The highest BCUT2D eigenvalue weighted by atomic mass is 19.1. The van der Waals surface area contributed by atoms with Gasteiger partial charge in [-0.2, -0.15) is 0 Å². The second kappa shape index (κ2) is 14.1. The van der Waals surface area contributed by atoms with Gasteiger partial charge in [0.25, 0.3) is 0 Å². The lowest BCUT2D eigenvalue weighted by Gasteiger charge is -2.16. The number of carboxylic acids is 1. The molecule has 4 rings (SSSR count). The van der Waals surface area contributed by atoms with E-state index in [-0.39, 0.29) is 23.6 Å². The number of hydrogen-bond donors (Lipinski definition) is 3. The van der Waals surface area contributed by atoms with Crippen molar-refractivity contribution >= 4 is 11.9 Å². The average molecular weight is 557 g/mol. The average Bonchev–Trinajstić information content (AvgIpc) is 2.97. The van der Waals surface area contributed by atoms with E-state index in [1.807, 2.05) is 42.5 Å². The van der Waals surface area contributed by atoms with Crippen LogP contribution in [0.1, 0.15) is 39.5 Å². The van der Waals surface area contributed by atoms with Gasteiger partial charge >= 0.3 is 5.97 Å². The first kappa shape index (κ1) is 29.3. The van der Waals surface area contributed by atoms with Gasteiger partial charge in [0.2, 0.25) is 5.91 Å². The predicted octanol–water partition coefficient (Wildman–Crippen LogP) is 5.88. The number of benzene rings is 4. The molecule has 0 aliphatic heterocycles. The summed E-state index contributed by atoms with van der Waals surface area (Å²) in [5.74, 6) is -0.744. The molecule has 1 amide bonds. The number of hydrogen-bond acceptors (Lipinski definition) is 5. The minimum absolute atomic E-state index is 0.0185. The third-order valence-corrected chi connectivity index (χ3v) is 6.63. The molecule has 7 nitrogen and oxygen atoms in total. The minimum Gasteiger partial charge on any atom is -0.489 e. The van der Waals surface area contributed by atoms with Crippen molar-refractivity contribution in [3.63, 3.8) is 0 Å². The van der Waals surface area contributed by atoms with Gasteiger partial charge in [0.1, 0.15) is 30.5 Å². The highest BCUT2D eigenvalue weighted by molar-refractivity contribution is 5.87. The van der Waals surface area contributed by atoms with Crippen LogP contribution in [0.25, 0.3) is 11.1 Å². The van der Waals surface area contributed by atoms with Gasteiger partial charge in [0.05, 0.1) is 5.56 Å². The molecular formula is C33H33FN2O5. The van der Waals surface area contributed by atoms with Crippen LogP contribution in [-0.2, 0) is 24.6 Å². The SMILES string of the molecule is CC(=O)NCCNCc1ccc(OCc2cccc(-c3ccccc3)c2C)cc1OCc1cc(C(=O)O)ccc1F. The molecule has 4 aromatic rings. The number of carbonyl (C=O) groups is 2. The number of amides is 1. The number of aromatic carboxylic acids is 1. The molecule has 0 bridgehead atoms. The van der Waals surface area contributed by atoms with Crippen molar-refractivity contribution in [1.29, 1.82) is 0 Å². The van der Waals surface area contributed by atoms with E-state index in [0.717, 1.165) is 33.9 Å². The van der Waals surface area contributed by atoms with E-state index in [0.29, 0.717) is 37.7 Å². The van der Waals surface area contributed by atoms with Crippen molar-refractivity contribution in [3.05, 3.63) is 119 Å². The summed E-state index contributed by atoms with van der Waals surface area (Å²) in [5, 5.41) is 15.3. The van der Waals surface area contributed by atoms with E-state index in [2.05, 4.69) is 35.8 Å². The molecule has 0 heterocycles. The summed E-state index contributed by atoms with van der Waals surface area (Å²) in [6.07, 6.45) is 0. The largest absolute Gasteiger partial charge is 0.489 e. The van der Waals surface area contributed by atoms with Crippen LogP contribution in [0.15, 0.2) is 84.9 Å². The Bertz CT molecular complexity index is 1510. The molecule has 0 aromatic heterocycles. The molecule has 4 aromatic carbocycles. The summed E-state index contributed by atoms with van der Waals surface area (Å²) in [4.78, 5) is 22.5. The lowest BCUT2D eigenvalue weighted by molar-refractivity contribution is -0.118. The number of halogens is 1. The second-order valence-electron chi connectivity index (χ2n) is 9.57. The van der Waals surface area contributed by atoms with Gasteiger partial charge in [0, 0.05) is 43.8 Å². The second-order valence-corrected chi connectivity index (χ2v) is 9.57. The van der Waals surface area contributed by atoms with Crippen LogP contribution >= 0.6 is 0 Å². The molecule has 0 aliphatic rings. The summed E-state index contributed by atoms with van der Waals surface area (Å²) in [5.41, 5.74) is 5.37. The molecule has 0 aliphatic carbocycles. The molecule has 0 fully saturated rings. The van der Waals surface area contributed by atoms with Crippen molar-refractivity contribution in [2.24, 2.45) is 0 Å². The number of ether oxygens (including phenoxy) is 2. The van der Waals surface area contributed by atoms with Gasteiger partial charge < -0.3 is 25.2 Å². The van der Waals surface area contributed by atoms with E-state index in [1.54, 1.807) is 6.07 Å². The summed E-state index contributed by atoms with van der Waals surface area (Å²) in [6.45, 7) is 5.17. The lowest BCUT2D eigenvalue weighted by Crippen LogP contribution is -2.30. The van der Waals surface area contributed by atoms with Crippen molar-refractivity contribution < 1.29 is 28.6 Å². The number of carboxylic acid groups (broad SMARTS) is 1. The Labute approximate surface area is 238 Å². The predicted molar refractivity (Wildman–Crippen MR) is 155 cm³/mol. The fourth-order valence-corrected chi connectivity index (χ4v) is 4.36. The third-order valence-electron chi connectivity index (χ3n) is 6.63. The monoisotopic (exact) mass is 556 g/mol. The van der Waals surface area contributed by atoms with Crippen LogP contribution in [0, 0.1) is 12.7 Å². The number of carbonyl (C=O) groups excluding carboxylic acids is 1. The first-order chi connectivity index (χ1) is 19.8. The van der Waals surface area contributed by atoms with E-state index < -0.39 is 11.8 Å². The Morgan fingerprint density at radius 3 is 2.37 bits per heavy atom. The van der Waals surface area contributed by atoms with Crippen LogP contribution in [0.4, 0.5) is 4.39 Å². The van der Waals surface area contributed by atoms with E-state index >= 15 is 0 Å². The van der Waals surface area contributed by atoms with Crippen LogP contribution in [0.2, 0.25) is 0 Å². The summed E-state index contributed by atoms with van der Waals surface area (Å²) >= 11 is 0. The maximum atomic E-state index is 14.4. The molecule has 212 valence electrons. The van der Waals surface area contributed by atoms with Gasteiger partial charge in [-0.05, 0) is 53.4 Å². The Morgan fingerprint density at radius 1 is 0.829 bits per heavy atom. The topological polar surface area (TPSA) is 96.9 Å². The molecule has 0 atom stereocenters. The first-order valence-corrected chi connectivity index (χ1v) is 13.3. The Balaban J connectivity index is 1.51. The van der Waals surface area contributed by atoms with E-state index in [9.17, 15) is 19.1 Å². The highest BCUT2D eigenvalue weighted by Gasteiger charge is 2.13. The molecule has 0 spiro atoms. The molecule has 8 heteroatoms. The van der Waals surface area contributed by atoms with Crippen LogP contribution in [-0.4, -0.2) is 30.1 Å². The summed E-state index contributed by atoms with van der Waals surface area (Å²) < 4.78 is 26.6.